The molecule has 0 atom stereocenters. The molecule has 3 heterocycles. The lowest BCUT2D eigenvalue weighted by Crippen LogP contribution is -2.02. The molecule has 0 bridgehead atoms. The van der Waals surface area contributed by atoms with E-state index in [1.54, 1.807) is 0 Å². The molecular formula is C51H33N5. The molecule has 0 fully saturated rings. The van der Waals surface area contributed by atoms with Gasteiger partial charge in [0.2, 0.25) is 0 Å². The van der Waals surface area contributed by atoms with E-state index in [-0.39, 0.29) is 0 Å². The van der Waals surface area contributed by atoms with Crippen LogP contribution >= 0.6 is 0 Å². The number of aromatic nitrogens is 5. The maximum atomic E-state index is 5.01. The van der Waals surface area contributed by atoms with Crippen LogP contribution in [0.5, 0.6) is 0 Å². The molecule has 11 aromatic rings. The van der Waals surface area contributed by atoms with Gasteiger partial charge >= 0.3 is 0 Å². The van der Waals surface area contributed by atoms with E-state index in [9.17, 15) is 0 Å². The molecule has 0 saturated carbocycles. The number of para-hydroxylation sites is 4. The quantitative estimate of drug-likeness (QED) is 0.178. The lowest BCUT2D eigenvalue weighted by Gasteiger charge is -2.15. The van der Waals surface area contributed by atoms with Gasteiger partial charge in [-0.15, -0.1) is 10.2 Å². The highest BCUT2D eigenvalue weighted by Crippen LogP contribution is 2.40. The Morgan fingerprint density at radius 1 is 0.321 bits per heavy atom. The molecule has 5 heteroatoms. The van der Waals surface area contributed by atoms with Crippen LogP contribution in [0.25, 0.3) is 94.6 Å². The zero-order valence-electron chi connectivity index (χ0n) is 30.3. The van der Waals surface area contributed by atoms with E-state index in [1.165, 1.54) is 65.9 Å². The van der Waals surface area contributed by atoms with Gasteiger partial charge in [-0.3, -0.25) is 4.57 Å². The highest BCUT2D eigenvalue weighted by molar-refractivity contribution is 6.10. The number of benzene rings is 8. The van der Waals surface area contributed by atoms with Crippen LogP contribution in [0.15, 0.2) is 188 Å². The molecule has 56 heavy (non-hydrogen) atoms. The van der Waals surface area contributed by atoms with Gasteiger partial charge in [0.05, 0.1) is 22.1 Å². The SMILES string of the molecule is c1cc(-c2nnc(-c3cccc(-n4c5ccccc5c5ccccc54)c3)n2-c2ccc3c(c2)-c2ccccc2C3)cc(-n2c3ccccc3c3ccccc32)c1. The van der Waals surface area contributed by atoms with Crippen LogP contribution in [0.2, 0.25) is 0 Å². The normalized spacial score (nSPS) is 12.2. The topological polar surface area (TPSA) is 40.6 Å². The zero-order valence-corrected chi connectivity index (χ0v) is 30.3. The predicted molar refractivity (Wildman–Crippen MR) is 229 cm³/mol. The van der Waals surface area contributed by atoms with Crippen LogP contribution in [-0.4, -0.2) is 23.9 Å². The Kier molecular flexibility index (Phi) is 6.63. The van der Waals surface area contributed by atoms with Gasteiger partial charge in [-0.25, -0.2) is 0 Å². The van der Waals surface area contributed by atoms with Crippen molar-refractivity contribution in [3.05, 3.63) is 199 Å². The molecule has 0 amide bonds. The van der Waals surface area contributed by atoms with Crippen LogP contribution in [0, 0.1) is 0 Å². The maximum Gasteiger partial charge on any atom is 0.168 e. The van der Waals surface area contributed by atoms with Gasteiger partial charge in [0, 0.05) is 49.7 Å². The lowest BCUT2D eigenvalue weighted by atomic mass is 10.0. The zero-order chi connectivity index (χ0) is 36.7. The third-order valence-electron chi connectivity index (χ3n) is 11.6. The third kappa shape index (κ3) is 4.55. The summed E-state index contributed by atoms with van der Waals surface area (Å²) < 4.78 is 6.96. The van der Waals surface area contributed by atoms with Crippen molar-refractivity contribution in [1.82, 2.24) is 23.9 Å². The van der Waals surface area contributed by atoms with E-state index in [0.717, 1.165) is 46.3 Å². The van der Waals surface area contributed by atoms with Crippen molar-refractivity contribution >= 4 is 43.6 Å². The number of hydrogen-bond acceptors (Lipinski definition) is 2. The standard InChI is InChI=1S/C51H33N5/c1-2-18-40-33(13-1)29-34-27-28-39(32-45(34)40)56-50(35-14-11-16-37(30-35)54-46-23-7-3-19-41(46)42-20-4-8-24-47(42)54)52-53-51(56)36-15-12-17-38(31-36)55-48-25-9-5-21-43(48)44-22-6-10-26-49(44)55/h1-28,30-32H,29H2. The van der Waals surface area contributed by atoms with E-state index < -0.39 is 0 Å². The number of fused-ring (bicyclic) bond motifs is 9. The Morgan fingerprint density at radius 3 is 1.27 bits per heavy atom. The summed E-state index contributed by atoms with van der Waals surface area (Å²) in [6.07, 6.45) is 0.940. The highest BCUT2D eigenvalue weighted by atomic mass is 15.3. The number of nitrogens with zero attached hydrogens (tertiary/aromatic N) is 5. The second kappa shape index (κ2) is 12.0. The summed E-state index contributed by atoms with van der Waals surface area (Å²) in [5, 5.41) is 15.0. The Balaban J connectivity index is 1.07. The molecule has 8 aromatic carbocycles. The molecule has 0 radical (unpaired) electrons. The van der Waals surface area contributed by atoms with Crippen molar-refractivity contribution in [3.63, 3.8) is 0 Å². The van der Waals surface area contributed by atoms with E-state index in [1.807, 2.05) is 0 Å². The van der Waals surface area contributed by atoms with Crippen LogP contribution < -0.4 is 0 Å². The molecule has 1 aliphatic rings. The maximum absolute atomic E-state index is 5.01. The first kappa shape index (κ1) is 30.9. The summed E-state index contributed by atoms with van der Waals surface area (Å²) in [5.41, 5.74) is 15.1. The van der Waals surface area contributed by atoms with Crippen LogP contribution in [0.1, 0.15) is 11.1 Å². The molecule has 0 unspecified atom stereocenters. The molecule has 0 spiro atoms. The minimum absolute atomic E-state index is 0.788. The van der Waals surface area contributed by atoms with Crippen molar-refractivity contribution in [1.29, 1.82) is 0 Å². The Morgan fingerprint density at radius 2 is 0.750 bits per heavy atom. The second-order valence-corrected chi connectivity index (χ2v) is 14.7. The summed E-state index contributed by atoms with van der Waals surface area (Å²) in [4.78, 5) is 0. The van der Waals surface area contributed by atoms with Gasteiger partial charge in [-0.05, 0) is 89.3 Å². The predicted octanol–water partition coefficient (Wildman–Crippen LogP) is 12.4. The van der Waals surface area contributed by atoms with Crippen LogP contribution in [0.3, 0.4) is 0 Å². The van der Waals surface area contributed by atoms with Crippen LogP contribution in [-0.2, 0) is 6.42 Å². The van der Waals surface area contributed by atoms with E-state index in [0.29, 0.717) is 0 Å². The minimum Gasteiger partial charge on any atom is -0.309 e. The van der Waals surface area contributed by atoms with E-state index in [2.05, 4.69) is 202 Å². The fraction of sp³-hybridized carbons (Fsp3) is 0.0196. The molecule has 5 nitrogen and oxygen atoms in total. The smallest absolute Gasteiger partial charge is 0.168 e. The molecule has 3 aromatic heterocycles. The van der Waals surface area contributed by atoms with Crippen molar-refractivity contribution in [2.24, 2.45) is 0 Å². The largest absolute Gasteiger partial charge is 0.309 e. The average Bonchev–Trinajstić information content (AvgIpc) is 4.03. The Labute approximate surface area is 323 Å². The van der Waals surface area contributed by atoms with Gasteiger partial charge in [0.15, 0.2) is 11.6 Å². The molecule has 12 rings (SSSR count). The van der Waals surface area contributed by atoms with Gasteiger partial charge < -0.3 is 9.13 Å². The van der Waals surface area contributed by atoms with Crippen molar-refractivity contribution in [2.45, 2.75) is 6.42 Å². The van der Waals surface area contributed by atoms with Gasteiger partial charge in [-0.1, -0.05) is 127 Å². The van der Waals surface area contributed by atoms with Crippen molar-refractivity contribution in [3.8, 4) is 51.0 Å². The van der Waals surface area contributed by atoms with Gasteiger partial charge in [0.25, 0.3) is 0 Å². The lowest BCUT2D eigenvalue weighted by molar-refractivity contribution is 1.07. The highest BCUT2D eigenvalue weighted by Gasteiger charge is 2.23. The summed E-state index contributed by atoms with van der Waals surface area (Å²) in [5.74, 6) is 1.58. The molecule has 262 valence electrons. The van der Waals surface area contributed by atoms with Crippen molar-refractivity contribution < 1.29 is 0 Å². The average molecular weight is 716 g/mol. The van der Waals surface area contributed by atoms with E-state index in [4.69, 9.17) is 10.2 Å². The Bertz CT molecular complexity index is 3080. The van der Waals surface area contributed by atoms with Gasteiger partial charge in [0.1, 0.15) is 0 Å². The first-order valence-corrected chi connectivity index (χ1v) is 19.1. The summed E-state index contributed by atoms with van der Waals surface area (Å²) in [6, 6.07) is 67.6. The minimum atomic E-state index is 0.788. The fourth-order valence-corrected chi connectivity index (χ4v) is 9.12. The molecule has 0 saturated heterocycles. The molecule has 0 aliphatic heterocycles. The van der Waals surface area contributed by atoms with Crippen molar-refractivity contribution in [2.75, 3.05) is 0 Å². The second-order valence-electron chi connectivity index (χ2n) is 14.7. The molecule has 1 aliphatic carbocycles. The van der Waals surface area contributed by atoms with E-state index >= 15 is 0 Å². The first-order chi connectivity index (χ1) is 27.8. The molecular weight excluding hydrogens is 683 g/mol. The van der Waals surface area contributed by atoms with Gasteiger partial charge in [-0.2, -0.15) is 0 Å². The van der Waals surface area contributed by atoms with Crippen LogP contribution in [0.4, 0.5) is 0 Å². The summed E-state index contributed by atoms with van der Waals surface area (Å²) in [7, 11) is 0. The Hall–Kier alpha value is -7.50. The molecule has 0 N–H and O–H groups in total. The fourth-order valence-electron chi connectivity index (χ4n) is 9.12. The third-order valence-corrected chi connectivity index (χ3v) is 11.6. The first-order valence-electron chi connectivity index (χ1n) is 19.1. The summed E-state index contributed by atoms with van der Waals surface area (Å²) >= 11 is 0. The number of hydrogen-bond donors (Lipinski definition) is 0. The number of rotatable bonds is 5. The monoisotopic (exact) mass is 715 g/mol. The summed E-state index contributed by atoms with van der Waals surface area (Å²) in [6.45, 7) is 0.